The van der Waals surface area contributed by atoms with E-state index in [9.17, 15) is 14.4 Å². The number of aromatic nitrogens is 2. The van der Waals surface area contributed by atoms with Gasteiger partial charge in [-0.15, -0.1) is 5.10 Å². The number of nitrogens with one attached hydrogen (secondary N) is 1. The Bertz CT molecular complexity index is 1140. The number of nitrogens with zero attached hydrogens (tertiary/aromatic N) is 3. The van der Waals surface area contributed by atoms with Crippen LogP contribution in [0.3, 0.4) is 0 Å². The molecule has 2 aliphatic heterocycles. The molecule has 10 nitrogen and oxygen atoms in total. The second kappa shape index (κ2) is 6.99. The topological polar surface area (TPSA) is 124 Å². The molecule has 5 rings (SSSR count). The van der Waals surface area contributed by atoms with Crippen molar-refractivity contribution in [1.29, 1.82) is 0 Å². The molecule has 3 amide bonds. The van der Waals surface area contributed by atoms with Crippen molar-refractivity contribution < 1.29 is 28.3 Å². The normalized spacial score (nSPS) is 17.1. The van der Waals surface area contributed by atoms with Crippen LogP contribution in [0.2, 0.25) is 0 Å². The number of anilines is 1. The predicted molar refractivity (Wildman–Crippen MR) is 100 cm³/mol. The smallest absolute Gasteiger partial charge is 0.322 e. The summed E-state index contributed by atoms with van der Waals surface area (Å²) in [4.78, 5) is 37.9. The van der Waals surface area contributed by atoms with E-state index in [0.717, 1.165) is 4.90 Å². The van der Waals surface area contributed by atoms with E-state index in [1.54, 1.807) is 36.4 Å². The molecule has 0 radical (unpaired) electrons. The minimum absolute atomic E-state index is 0.125. The molecule has 30 heavy (non-hydrogen) atoms. The first-order valence-corrected chi connectivity index (χ1v) is 9.07. The zero-order valence-corrected chi connectivity index (χ0v) is 15.4. The SMILES string of the molecule is O=C(CN1C(=O)c2ccccc2C1=O)Nc1nnc([C@H]2COc3ccccc3O2)o1. The van der Waals surface area contributed by atoms with Crippen LogP contribution in [-0.4, -0.2) is 46.0 Å². The fraction of sp³-hybridized carbons (Fsp3) is 0.150. The number of benzene rings is 2. The highest BCUT2D eigenvalue weighted by Gasteiger charge is 2.36. The molecular formula is C20H14N4O6. The summed E-state index contributed by atoms with van der Waals surface area (Å²) in [6.45, 7) is -0.303. The molecule has 1 N–H and O–H groups in total. The largest absolute Gasteiger partial charge is 0.485 e. The summed E-state index contributed by atoms with van der Waals surface area (Å²) in [6.07, 6.45) is -0.630. The van der Waals surface area contributed by atoms with Gasteiger partial charge in [-0.2, -0.15) is 0 Å². The third kappa shape index (κ3) is 3.04. The molecule has 0 saturated carbocycles. The highest BCUT2D eigenvalue weighted by atomic mass is 16.6. The molecule has 0 fully saturated rings. The van der Waals surface area contributed by atoms with Gasteiger partial charge in [-0.05, 0) is 24.3 Å². The molecule has 3 heterocycles. The van der Waals surface area contributed by atoms with Crippen molar-refractivity contribution in [2.75, 3.05) is 18.5 Å². The lowest BCUT2D eigenvalue weighted by atomic mass is 10.1. The number of amides is 3. The van der Waals surface area contributed by atoms with Gasteiger partial charge in [0, 0.05) is 0 Å². The van der Waals surface area contributed by atoms with Crippen LogP contribution >= 0.6 is 0 Å². The van der Waals surface area contributed by atoms with Gasteiger partial charge >= 0.3 is 6.01 Å². The van der Waals surface area contributed by atoms with E-state index < -0.39 is 30.4 Å². The summed E-state index contributed by atoms with van der Waals surface area (Å²) in [6, 6.07) is 13.4. The van der Waals surface area contributed by atoms with Crippen LogP contribution in [0.5, 0.6) is 11.5 Å². The predicted octanol–water partition coefficient (Wildman–Crippen LogP) is 1.82. The maximum absolute atomic E-state index is 12.3. The highest BCUT2D eigenvalue weighted by Crippen LogP contribution is 2.35. The molecule has 2 aliphatic rings. The van der Waals surface area contributed by atoms with Crippen molar-refractivity contribution in [3.63, 3.8) is 0 Å². The monoisotopic (exact) mass is 406 g/mol. The standard InChI is InChI=1S/C20H14N4O6/c25-16(9-24-18(26)11-5-1-2-6-12(11)19(24)27)21-20-23-22-17(30-20)15-10-28-13-7-3-4-8-14(13)29-15/h1-8,15H,9-10H2,(H,21,23,25)/t15-/m1/s1. The number of imide groups is 1. The van der Waals surface area contributed by atoms with Crippen molar-refractivity contribution in [3.8, 4) is 11.5 Å². The first-order chi connectivity index (χ1) is 14.6. The lowest BCUT2D eigenvalue weighted by Crippen LogP contribution is -2.37. The Balaban J connectivity index is 1.24. The Morgan fingerprint density at radius 2 is 1.67 bits per heavy atom. The second-order valence-corrected chi connectivity index (χ2v) is 6.60. The number of hydrogen-bond donors (Lipinski definition) is 1. The van der Waals surface area contributed by atoms with Crippen LogP contribution in [-0.2, 0) is 4.79 Å². The van der Waals surface area contributed by atoms with Gasteiger partial charge < -0.3 is 13.9 Å². The van der Waals surface area contributed by atoms with Crippen LogP contribution in [0.25, 0.3) is 0 Å². The Kier molecular flexibility index (Phi) is 4.16. The number of rotatable bonds is 4. The van der Waals surface area contributed by atoms with Gasteiger partial charge in [-0.1, -0.05) is 29.4 Å². The molecule has 0 spiro atoms. The maximum atomic E-state index is 12.3. The van der Waals surface area contributed by atoms with E-state index in [2.05, 4.69) is 15.5 Å². The second-order valence-electron chi connectivity index (χ2n) is 6.60. The minimum Gasteiger partial charge on any atom is -0.485 e. The van der Waals surface area contributed by atoms with Gasteiger partial charge in [-0.3, -0.25) is 24.6 Å². The first kappa shape index (κ1) is 17.9. The zero-order valence-electron chi connectivity index (χ0n) is 15.4. The van der Waals surface area contributed by atoms with Crippen LogP contribution in [0.4, 0.5) is 6.01 Å². The molecule has 0 aliphatic carbocycles. The van der Waals surface area contributed by atoms with Crippen LogP contribution < -0.4 is 14.8 Å². The van der Waals surface area contributed by atoms with Crippen LogP contribution in [0.1, 0.15) is 32.7 Å². The van der Waals surface area contributed by atoms with Gasteiger partial charge in [0.15, 0.2) is 11.5 Å². The molecule has 1 atom stereocenters. The lowest BCUT2D eigenvalue weighted by molar-refractivity contribution is -0.116. The van der Waals surface area contributed by atoms with Crippen LogP contribution in [0.15, 0.2) is 52.9 Å². The number of fused-ring (bicyclic) bond motifs is 2. The summed E-state index contributed by atoms with van der Waals surface area (Å²) in [7, 11) is 0. The molecule has 0 unspecified atom stereocenters. The molecule has 2 aromatic carbocycles. The van der Waals surface area contributed by atoms with E-state index in [-0.39, 0.29) is 29.6 Å². The van der Waals surface area contributed by atoms with E-state index in [0.29, 0.717) is 11.5 Å². The number of para-hydroxylation sites is 2. The lowest BCUT2D eigenvalue weighted by Gasteiger charge is -2.23. The fourth-order valence-corrected chi connectivity index (χ4v) is 3.24. The number of ether oxygens (including phenoxy) is 2. The van der Waals surface area contributed by atoms with Crippen molar-refractivity contribution in [2.24, 2.45) is 0 Å². The quantitative estimate of drug-likeness (QED) is 0.651. The summed E-state index contributed by atoms with van der Waals surface area (Å²) in [5, 5.41) is 10.0. The summed E-state index contributed by atoms with van der Waals surface area (Å²) in [5.74, 6) is -0.413. The Morgan fingerprint density at radius 3 is 2.40 bits per heavy atom. The number of carbonyl (C=O) groups is 3. The van der Waals surface area contributed by atoms with E-state index in [1.807, 2.05) is 12.1 Å². The van der Waals surface area contributed by atoms with Crippen molar-refractivity contribution >= 4 is 23.7 Å². The van der Waals surface area contributed by atoms with E-state index >= 15 is 0 Å². The average Bonchev–Trinajstić information content (AvgIpc) is 3.32. The molecule has 1 aromatic heterocycles. The van der Waals surface area contributed by atoms with Gasteiger partial charge in [-0.25, -0.2) is 0 Å². The Labute approximate surface area is 169 Å². The van der Waals surface area contributed by atoms with Crippen molar-refractivity contribution in [2.45, 2.75) is 6.10 Å². The van der Waals surface area contributed by atoms with E-state index in [4.69, 9.17) is 13.9 Å². The fourth-order valence-electron chi connectivity index (χ4n) is 3.24. The summed E-state index contributed by atoms with van der Waals surface area (Å²) >= 11 is 0. The Hall–Kier alpha value is -4.21. The number of carbonyl (C=O) groups excluding carboxylic acids is 3. The highest BCUT2D eigenvalue weighted by molar-refractivity contribution is 6.22. The van der Waals surface area contributed by atoms with Gasteiger partial charge in [0.1, 0.15) is 13.2 Å². The molecule has 0 bridgehead atoms. The van der Waals surface area contributed by atoms with Gasteiger partial charge in [0.2, 0.25) is 12.0 Å². The van der Waals surface area contributed by atoms with Crippen molar-refractivity contribution in [1.82, 2.24) is 15.1 Å². The molecule has 150 valence electrons. The van der Waals surface area contributed by atoms with E-state index in [1.165, 1.54) is 0 Å². The average molecular weight is 406 g/mol. The maximum Gasteiger partial charge on any atom is 0.322 e. The molecule has 3 aromatic rings. The summed E-state index contributed by atoms with van der Waals surface area (Å²) in [5.41, 5.74) is 0.537. The third-order valence-electron chi connectivity index (χ3n) is 4.65. The first-order valence-electron chi connectivity index (χ1n) is 9.07. The van der Waals surface area contributed by atoms with Gasteiger partial charge in [0.25, 0.3) is 17.7 Å². The van der Waals surface area contributed by atoms with Gasteiger partial charge in [0.05, 0.1) is 11.1 Å². The zero-order chi connectivity index (χ0) is 20.7. The molecular weight excluding hydrogens is 392 g/mol. The summed E-state index contributed by atoms with van der Waals surface area (Å²) < 4.78 is 16.8. The number of hydrogen-bond acceptors (Lipinski definition) is 8. The molecule has 10 heteroatoms. The Morgan fingerprint density at radius 1 is 1.00 bits per heavy atom. The molecule has 0 saturated heterocycles. The van der Waals surface area contributed by atoms with Crippen LogP contribution in [0, 0.1) is 0 Å². The minimum atomic E-state index is -0.647. The third-order valence-corrected chi connectivity index (χ3v) is 4.65. The van der Waals surface area contributed by atoms with Crippen molar-refractivity contribution in [3.05, 3.63) is 65.5 Å².